The van der Waals surface area contributed by atoms with Gasteiger partial charge in [-0.05, 0) is 36.6 Å². The van der Waals surface area contributed by atoms with E-state index in [1.165, 1.54) is 0 Å². The molecular weight excluding hydrogens is 464 g/mol. The molecule has 186 valence electrons. The van der Waals surface area contributed by atoms with E-state index < -0.39 is 40.0 Å². The van der Waals surface area contributed by atoms with Gasteiger partial charge in [-0.3, -0.25) is 13.8 Å². The van der Waals surface area contributed by atoms with Crippen LogP contribution in [0.3, 0.4) is 0 Å². The van der Waals surface area contributed by atoms with E-state index in [1.807, 2.05) is 30.3 Å². The molecule has 9 nitrogen and oxygen atoms in total. The fourth-order valence-electron chi connectivity index (χ4n) is 3.06. The number of benzene rings is 2. The molecule has 0 spiro atoms. The van der Waals surface area contributed by atoms with Gasteiger partial charge in [0.15, 0.2) is 6.29 Å². The summed E-state index contributed by atoms with van der Waals surface area (Å²) in [6.07, 6.45) is -1.22. The van der Waals surface area contributed by atoms with Gasteiger partial charge in [0, 0.05) is 12.5 Å². The molecule has 0 bridgehead atoms. The summed E-state index contributed by atoms with van der Waals surface area (Å²) in [7, 11) is -2.72. The van der Waals surface area contributed by atoms with E-state index in [9.17, 15) is 23.1 Å². The number of carbonyl (C=O) groups excluding carboxylic acids is 2. The molecule has 0 amide bonds. The maximum absolute atomic E-state index is 12.4. The molecule has 0 fully saturated rings. The Kier molecular flexibility index (Phi) is 11.1. The summed E-state index contributed by atoms with van der Waals surface area (Å²) >= 11 is 0. The molecule has 34 heavy (non-hydrogen) atoms. The zero-order valence-corrected chi connectivity index (χ0v) is 20.0. The molecule has 0 aliphatic carbocycles. The van der Waals surface area contributed by atoms with Gasteiger partial charge in [-0.15, -0.1) is 0 Å². The van der Waals surface area contributed by atoms with Gasteiger partial charge in [-0.1, -0.05) is 42.5 Å². The first-order chi connectivity index (χ1) is 16.2. The van der Waals surface area contributed by atoms with Crippen LogP contribution in [0.1, 0.15) is 30.9 Å². The van der Waals surface area contributed by atoms with E-state index in [-0.39, 0.29) is 31.8 Å². The second kappa shape index (κ2) is 13.8. The predicted octanol–water partition coefficient (Wildman–Crippen LogP) is 2.61. The van der Waals surface area contributed by atoms with Crippen molar-refractivity contribution in [2.45, 2.75) is 39.1 Å². The van der Waals surface area contributed by atoms with Gasteiger partial charge >= 0.3 is 11.9 Å². The summed E-state index contributed by atoms with van der Waals surface area (Å²) in [5, 5.41) is 10.4. The highest BCUT2D eigenvalue weighted by atomic mass is 32.2. The smallest absolute Gasteiger partial charge is 0.312 e. The van der Waals surface area contributed by atoms with Crippen LogP contribution in [0.5, 0.6) is 5.75 Å². The quantitative estimate of drug-likeness (QED) is 0.183. The minimum absolute atomic E-state index is 0.0429. The van der Waals surface area contributed by atoms with E-state index >= 15 is 0 Å². The lowest BCUT2D eigenvalue weighted by Gasteiger charge is -2.22. The lowest BCUT2D eigenvalue weighted by atomic mass is 9.95. The van der Waals surface area contributed by atoms with Gasteiger partial charge in [-0.2, -0.15) is 8.42 Å². The van der Waals surface area contributed by atoms with Gasteiger partial charge in [0.1, 0.15) is 12.4 Å². The molecule has 2 unspecified atom stereocenters. The number of hydrogen-bond acceptors (Lipinski definition) is 9. The predicted molar refractivity (Wildman–Crippen MR) is 123 cm³/mol. The molecule has 0 aromatic heterocycles. The van der Waals surface area contributed by atoms with Crippen LogP contribution in [-0.2, 0) is 46.4 Å². The molecule has 0 aliphatic heterocycles. The monoisotopic (exact) mass is 494 g/mol. The molecule has 10 heteroatoms. The van der Waals surface area contributed by atoms with E-state index in [1.54, 1.807) is 31.2 Å². The van der Waals surface area contributed by atoms with Crippen LogP contribution in [0.25, 0.3) is 0 Å². The lowest BCUT2D eigenvalue weighted by Crippen LogP contribution is -2.28. The Morgan fingerprint density at radius 1 is 0.971 bits per heavy atom. The zero-order chi connectivity index (χ0) is 25.0. The van der Waals surface area contributed by atoms with Gasteiger partial charge in [0.25, 0.3) is 10.1 Å². The second-order valence-corrected chi connectivity index (χ2v) is 9.31. The first-order valence-electron chi connectivity index (χ1n) is 10.8. The summed E-state index contributed by atoms with van der Waals surface area (Å²) in [6, 6.07) is 15.8. The van der Waals surface area contributed by atoms with Gasteiger partial charge < -0.3 is 19.3 Å². The number of hydrogen-bond donors (Lipinski definition) is 1. The van der Waals surface area contributed by atoms with Crippen molar-refractivity contribution in [3.05, 3.63) is 65.7 Å². The highest BCUT2D eigenvalue weighted by Crippen LogP contribution is 2.21. The number of aliphatic hydroxyl groups is 1. The Morgan fingerprint density at radius 3 is 2.26 bits per heavy atom. The summed E-state index contributed by atoms with van der Waals surface area (Å²) in [4.78, 5) is 24.2. The number of ether oxygens (including phenoxy) is 3. The molecule has 0 heterocycles. The highest BCUT2D eigenvalue weighted by molar-refractivity contribution is 7.86. The molecule has 0 saturated heterocycles. The normalized spacial score (nSPS) is 13.1. The largest absolute Gasteiger partial charge is 0.461 e. The molecule has 2 rings (SSSR count). The summed E-state index contributed by atoms with van der Waals surface area (Å²) in [6.45, 7) is 2.17. The topological polar surface area (TPSA) is 125 Å². The van der Waals surface area contributed by atoms with Gasteiger partial charge in [0.05, 0.1) is 25.7 Å². The molecule has 1 N–H and O–H groups in total. The van der Waals surface area contributed by atoms with Crippen LogP contribution >= 0.6 is 0 Å². The van der Waals surface area contributed by atoms with Crippen LogP contribution in [0, 0.1) is 5.92 Å². The summed E-state index contributed by atoms with van der Waals surface area (Å²) in [5.74, 6) is -1.94. The standard InChI is InChI=1S/C24H30O9S/c1-3-31-24(27)20(16-23(26)32-17-19-7-5-4-6-8-19)15-18-9-11-21(12-10-18)33-22(25)13-14-34(28,29)30-2/h4-12,20,24,27H,3,13-17H2,1-2H3. The van der Waals surface area contributed by atoms with Crippen LogP contribution in [0.15, 0.2) is 54.6 Å². The molecule has 0 radical (unpaired) electrons. The van der Waals surface area contributed by atoms with Crippen LogP contribution < -0.4 is 4.74 Å². The van der Waals surface area contributed by atoms with Gasteiger partial charge in [-0.25, -0.2) is 0 Å². The third-order valence-electron chi connectivity index (χ3n) is 4.88. The highest BCUT2D eigenvalue weighted by Gasteiger charge is 2.24. The first-order valence-corrected chi connectivity index (χ1v) is 12.4. The van der Waals surface area contributed by atoms with Crippen molar-refractivity contribution in [1.29, 1.82) is 0 Å². The van der Waals surface area contributed by atoms with E-state index in [0.717, 1.165) is 18.2 Å². The third-order valence-corrected chi connectivity index (χ3v) is 6.09. The number of rotatable bonds is 14. The lowest BCUT2D eigenvalue weighted by molar-refractivity contribution is -0.158. The SMILES string of the molecule is CCOC(O)C(CC(=O)OCc1ccccc1)Cc1ccc(OC(=O)CCS(=O)(=O)OC)cc1. The molecule has 0 aliphatic rings. The average molecular weight is 495 g/mol. The number of aliphatic hydroxyl groups excluding tert-OH is 1. The fourth-order valence-corrected chi connectivity index (χ4v) is 3.65. The van der Waals surface area contributed by atoms with Gasteiger partial charge in [0.2, 0.25) is 0 Å². The van der Waals surface area contributed by atoms with Crippen molar-refractivity contribution < 1.29 is 41.5 Å². The fraction of sp³-hybridized carbons (Fsp3) is 0.417. The van der Waals surface area contributed by atoms with Crippen molar-refractivity contribution in [1.82, 2.24) is 0 Å². The van der Waals surface area contributed by atoms with E-state index in [4.69, 9.17) is 14.2 Å². The number of carbonyl (C=O) groups is 2. The van der Waals surface area contributed by atoms with E-state index in [0.29, 0.717) is 6.42 Å². The minimum Gasteiger partial charge on any atom is -0.461 e. The Labute approximate surface area is 199 Å². The van der Waals surface area contributed by atoms with Crippen LogP contribution in [0.4, 0.5) is 0 Å². The maximum atomic E-state index is 12.4. The molecule has 0 saturated carbocycles. The maximum Gasteiger partial charge on any atom is 0.312 e. The van der Waals surface area contributed by atoms with Crippen molar-refractivity contribution in [2.75, 3.05) is 19.5 Å². The Hall–Kier alpha value is -2.79. The van der Waals surface area contributed by atoms with E-state index in [2.05, 4.69) is 4.18 Å². The second-order valence-electron chi connectivity index (χ2n) is 7.46. The summed E-state index contributed by atoms with van der Waals surface area (Å²) in [5.41, 5.74) is 1.64. The van der Waals surface area contributed by atoms with Crippen LogP contribution in [-0.4, -0.2) is 51.2 Å². The van der Waals surface area contributed by atoms with Crippen molar-refractivity contribution in [2.24, 2.45) is 5.92 Å². The zero-order valence-electron chi connectivity index (χ0n) is 19.2. The van der Waals surface area contributed by atoms with Crippen molar-refractivity contribution in [3.8, 4) is 5.75 Å². The first kappa shape index (κ1) is 27.5. The Morgan fingerprint density at radius 2 is 1.65 bits per heavy atom. The third kappa shape index (κ3) is 10.0. The van der Waals surface area contributed by atoms with Crippen LogP contribution in [0.2, 0.25) is 0 Å². The molecule has 2 aromatic carbocycles. The summed E-state index contributed by atoms with van der Waals surface area (Å²) < 4.78 is 42.7. The number of esters is 2. The molecular formula is C24H30O9S. The Bertz CT molecular complexity index is 1000. The minimum atomic E-state index is -3.74. The molecule has 2 aromatic rings. The Balaban J connectivity index is 1.93. The molecule has 2 atom stereocenters. The average Bonchev–Trinajstić information content (AvgIpc) is 2.83. The van der Waals surface area contributed by atoms with Crippen molar-refractivity contribution >= 4 is 22.1 Å². The van der Waals surface area contributed by atoms with Crippen molar-refractivity contribution in [3.63, 3.8) is 0 Å².